The van der Waals surface area contributed by atoms with Gasteiger partial charge in [-0.1, -0.05) is 29.8 Å². The molecule has 0 bridgehead atoms. The van der Waals surface area contributed by atoms with Crippen LogP contribution in [0.3, 0.4) is 0 Å². The minimum atomic E-state index is -1.03. The maximum absolute atomic E-state index is 13.0. The fraction of sp³-hybridized carbons (Fsp3) is 0.375. The van der Waals surface area contributed by atoms with E-state index in [2.05, 4.69) is 5.32 Å². The van der Waals surface area contributed by atoms with Crippen LogP contribution in [0.5, 0.6) is 5.75 Å². The summed E-state index contributed by atoms with van der Waals surface area (Å²) >= 11 is 0. The number of methoxy groups -OCH3 is 1. The van der Waals surface area contributed by atoms with Crippen molar-refractivity contribution in [1.29, 1.82) is 0 Å². The lowest BCUT2D eigenvalue weighted by Crippen LogP contribution is -2.44. The van der Waals surface area contributed by atoms with Crippen LogP contribution in [0, 0.1) is 20.8 Å². The Morgan fingerprint density at radius 3 is 2.23 bits per heavy atom. The minimum absolute atomic E-state index is 0.229. The van der Waals surface area contributed by atoms with Gasteiger partial charge in [-0.3, -0.25) is 14.5 Å². The molecule has 158 valence electrons. The van der Waals surface area contributed by atoms with Gasteiger partial charge in [0.1, 0.15) is 11.3 Å². The number of nitrogens with one attached hydrogen (secondary N) is 1. The van der Waals surface area contributed by atoms with Crippen molar-refractivity contribution < 1.29 is 19.1 Å². The lowest BCUT2D eigenvalue weighted by Gasteiger charge is -2.22. The number of aryl methyl sites for hydroxylation is 4. The first-order valence-electron chi connectivity index (χ1n) is 10.0. The molecule has 6 nitrogen and oxygen atoms in total. The van der Waals surface area contributed by atoms with Crippen LogP contribution in [0.25, 0.3) is 0 Å². The number of rotatable bonds is 7. The van der Waals surface area contributed by atoms with Crippen molar-refractivity contribution in [1.82, 2.24) is 10.2 Å². The first kappa shape index (κ1) is 21.6. The topological polar surface area (TPSA) is 75.7 Å². The van der Waals surface area contributed by atoms with Crippen molar-refractivity contribution in [3.05, 3.63) is 64.2 Å². The first-order chi connectivity index (χ1) is 14.1. The number of carbonyl (C=O) groups excluding carboxylic acids is 3. The molecule has 2 aromatic rings. The molecule has 0 spiro atoms. The van der Waals surface area contributed by atoms with E-state index in [4.69, 9.17) is 4.74 Å². The van der Waals surface area contributed by atoms with Crippen molar-refractivity contribution in [3.63, 3.8) is 0 Å². The van der Waals surface area contributed by atoms with Gasteiger partial charge in [-0.15, -0.1) is 0 Å². The van der Waals surface area contributed by atoms with Crippen LogP contribution in [-0.4, -0.2) is 41.8 Å². The minimum Gasteiger partial charge on any atom is -0.497 e. The van der Waals surface area contributed by atoms with Gasteiger partial charge in [0.15, 0.2) is 5.78 Å². The summed E-state index contributed by atoms with van der Waals surface area (Å²) in [5.41, 5.74) is 3.36. The molecule has 0 radical (unpaired) electrons. The third kappa shape index (κ3) is 4.22. The van der Waals surface area contributed by atoms with Crippen LogP contribution in [0.4, 0.5) is 4.79 Å². The molecule has 30 heavy (non-hydrogen) atoms. The van der Waals surface area contributed by atoms with E-state index in [-0.39, 0.29) is 18.2 Å². The predicted molar refractivity (Wildman–Crippen MR) is 115 cm³/mol. The molecule has 0 aromatic heterocycles. The normalized spacial score (nSPS) is 18.5. The highest BCUT2D eigenvalue weighted by atomic mass is 16.5. The Morgan fingerprint density at radius 2 is 1.67 bits per heavy atom. The van der Waals surface area contributed by atoms with Crippen LogP contribution in [0.1, 0.15) is 46.0 Å². The highest BCUT2D eigenvalue weighted by Gasteiger charge is 2.47. The molecular formula is C24H28N2O4. The number of urea groups is 1. The number of ketones is 1. The monoisotopic (exact) mass is 408 g/mol. The second kappa shape index (κ2) is 8.30. The van der Waals surface area contributed by atoms with Gasteiger partial charge in [0.2, 0.25) is 0 Å². The second-order valence-corrected chi connectivity index (χ2v) is 8.20. The van der Waals surface area contributed by atoms with E-state index >= 15 is 0 Å². The van der Waals surface area contributed by atoms with Crippen LogP contribution in [0.2, 0.25) is 0 Å². The maximum Gasteiger partial charge on any atom is 0.325 e. The summed E-state index contributed by atoms with van der Waals surface area (Å²) in [7, 11) is 1.61. The molecule has 0 unspecified atom stereocenters. The summed E-state index contributed by atoms with van der Waals surface area (Å²) in [6.07, 6.45) is 1.06. The molecule has 6 heteroatoms. The largest absolute Gasteiger partial charge is 0.497 e. The molecule has 1 saturated heterocycles. The average Bonchev–Trinajstić information content (AvgIpc) is 2.89. The van der Waals surface area contributed by atoms with E-state index in [1.807, 2.05) is 57.2 Å². The molecule has 3 rings (SSSR count). The SMILES string of the molecule is COc1ccc(CC[C@]2(C)NC(=O)N(CC(=O)c3c(C)cc(C)cc3C)C2=O)cc1. The summed E-state index contributed by atoms with van der Waals surface area (Å²) in [4.78, 5) is 39.5. The Bertz CT molecular complexity index is 974. The predicted octanol–water partition coefficient (Wildman–Crippen LogP) is 3.75. The van der Waals surface area contributed by atoms with Gasteiger partial charge >= 0.3 is 6.03 Å². The Kier molecular flexibility index (Phi) is 5.97. The highest BCUT2D eigenvalue weighted by Crippen LogP contribution is 2.25. The molecule has 2 aromatic carbocycles. The lowest BCUT2D eigenvalue weighted by molar-refractivity contribution is -0.130. The van der Waals surface area contributed by atoms with Crippen molar-refractivity contribution in [2.24, 2.45) is 0 Å². The molecule has 1 aliphatic heterocycles. The molecule has 3 amide bonds. The number of carbonyl (C=O) groups is 3. The summed E-state index contributed by atoms with van der Waals surface area (Å²) in [6, 6.07) is 11.0. The van der Waals surface area contributed by atoms with Gasteiger partial charge in [0.05, 0.1) is 13.7 Å². The Labute approximate surface area is 177 Å². The zero-order valence-electron chi connectivity index (χ0n) is 18.2. The van der Waals surface area contributed by atoms with Gasteiger partial charge in [-0.2, -0.15) is 0 Å². The molecular weight excluding hydrogens is 380 g/mol. The van der Waals surface area contributed by atoms with Crippen molar-refractivity contribution >= 4 is 17.7 Å². The maximum atomic E-state index is 13.0. The Morgan fingerprint density at radius 1 is 1.07 bits per heavy atom. The second-order valence-electron chi connectivity index (χ2n) is 8.20. The summed E-state index contributed by atoms with van der Waals surface area (Å²) in [5, 5.41) is 2.78. The van der Waals surface area contributed by atoms with Crippen molar-refractivity contribution in [2.45, 2.75) is 46.1 Å². The van der Waals surface area contributed by atoms with Gasteiger partial charge in [0, 0.05) is 5.56 Å². The van der Waals surface area contributed by atoms with Gasteiger partial charge in [-0.05, 0) is 69.4 Å². The number of Topliss-reactive ketones (excluding diaryl/α,β-unsaturated/α-hetero) is 1. The molecule has 1 N–H and O–H groups in total. The van der Waals surface area contributed by atoms with Crippen LogP contribution in [0.15, 0.2) is 36.4 Å². The van der Waals surface area contributed by atoms with E-state index < -0.39 is 11.6 Å². The number of benzene rings is 2. The highest BCUT2D eigenvalue weighted by molar-refractivity contribution is 6.11. The van der Waals surface area contributed by atoms with Crippen LogP contribution in [-0.2, 0) is 11.2 Å². The van der Waals surface area contributed by atoms with Crippen LogP contribution < -0.4 is 10.1 Å². The fourth-order valence-electron chi connectivity index (χ4n) is 4.09. The Balaban J connectivity index is 1.71. The molecule has 1 aliphatic rings. The molecule has 1 fully saturated rings. The number of nitrogens with zero attached hydrogens (tertiary/aromatic N) is 1. The van der Waals surface area contributed by atoms with Gasteiger partial charge < -0.3 is 10.1 Å². The average molecular weight is 408 g/mol. The zero-order chi connectivity index (χ0) is 22.1. The van der Waals surface area contributed by atoms with E-state index in [0.717, 1.165) is 32.9 Å². The number of amides is 3. The molecule has 0 saturated carbocycles. The summed E-state index contributed by atoms with van der Waals surface area (Å²) in [5.74, 6) is 0.172. The standard InChI is InChI=1S/C24H28N2O4/c1-15-12-16(2)21(17(3)13-15)20(27)14-26-22(28)24(4,25-23(26)29)11-10-18-6-8-19(30-5)9-7-18/h6-9,12-13H,10-11,14H2,1-5H3,(H,25,29)/t24-/m0/s1. The summed E-state index contributed by atoms with van der Waals surface area (Å²) < 4.78 is 5.16. The zero-order valence-corrected chi connectivity index (χ0v) is 18.2. The van der Waals surface area contributed by atoms with E-state index in [0.29, 0.717) is 18.4 Å². The lowest BCUT2D eigenvalue weighted by atomic mass is 9.93. The third-order valence-electron chi connectivity index (χ3n) is 5.68. The van der Waals surface area contributed by atoms with Crippen LogP contribution >= 0.6 is 0 Å². The third-order valence-corrected chi connectivity index (χ3v) is 5.68. The van der Waals surface area contributed by atoms with Gasteiger partial charge in [-0.25, -0.2) is 4.79 Å². The molecule has 1 heterocycles. The first-order valence-corrected chi connectivity index (χ1v) is 10.0. The number of imide groups is 1. The number of hydrogen-bond acceptors (Lipinski definition) is 4. The van der Waals surface area contributed by atoms with E-state index in [1.54, 1.807) is 14.0 Å². The number of hydrogen-bond donors (Lipinski definition) is 1. The smallest absolute Gasteiger partial charge is 0.325 e. The summed E-state index contributed by atoms with van der Waals surface area (Å²) in [6.45, 7) is 7.17. The van der Waals surface area contributed by atoms with Crippen molar-refractivity contribution in [3.8, 4) is 5.75 Å². The molecule has 1 atom stereocenters. The van der Waals surface area contributed by atoms with E-state index in [9.17, 15) is 14.4 Å². The number of ether oxygens (including phenoxy) is 1. The van der Waals surface area contributed by atoms with Gasteiger partial charge in [0.25, 0.3) is 5.91 Å². The quantitative estimate of drug-likeness (QED) is 0.559. The van der Waals surface area contributed by atoms with E-state index in [1.165, 1.54) is 0 Å². The van der Waals surface area contributed by atoms with Crippen molar-refractivity contribution in [2.75, 3.05) is 13.7 Å². The fourth-order valence-corrected chi connectivity index (χ4v) is 4.09. The molecule has 0 aliphatic carbocycles. The Hall–Kier alpha value is -3.15.